The summed E-state index contributed by atoms with van der Waals surface area (Å²) in [6.07, 6.45) is 8.14. The van der Waals surface area contributed by atoms with E-state index in [1.54, 1.807) is 18.3 Å². The van der Waals surface area contributed by atoms with Crippen LogP contribution < -0.4 is 4.74 Å². The molecule has 0 aromatic heterocycles. The Morgan fingerprint density at radius 1 is 1.25 bits per heavy atom. The van der Waals surface area contributed by atoms with E-state index in [9.17, 15) is 4.91 Å². The highest BCUT2D eigenvalue weighted by Crippen LogP contribution is 2.35. The first kappa shape index (κ1) is 9.09. The van der Waals surface area contributed by atoms with Gasteiger partial charge in [-0.2, -0.15) is 0 Å². The van der Waals surface area contributed by atoms with E-state index in [1.807, 2.05) is 30.4 Å². The van der Waals surface area contributed by atoms with Crippen LogP contribution in [0.2, 0.25) is 0 Å². The van der Waals surface area contributed by atoms with Crippen LogP contribution in [0, 0.1) is 4.91 Å². The Morgan fingerprint density at radius 2 is 2.12 bits per heavy atom. The summed E-state index contributed by atoms with van der Waals surface area (Å²) in [4.78, 5) is 11.9. The zero-order valence-electron chi connectivity index (χ0n) is 8.59. The Hall–Kier alpha value is -2.16. The van der Waals surface area contributed by atoms with E-state index in [-0.39, 0.29) is 0 Å². The highest BCUT2D eigenvalue weighted by molar-refractivity contribution is 5.50. The van der Waals surface area contributed by atoms with E-state index in [1.165, 1.54) is 0 Å². The zero-order chi connectivity index (χ0) is 11.0. The normalized spacial score (nSPS) is 17.6. The summed E-state index contributed by atoms with van der Waals surface area (Å²) in [5.41, 5.74) is 1.46. The minimum atomic E-state index is 0.547. The molecule has 1 heterocycles. The molecular weight excluding hydrogens is 202 g/mol. The van der Waals surface area contributed by atoms with E-state index in [2.05, 4.69) is 0 Å². The number of nitroso groups, excluding NO2 is 1. The van der Waals surface area contributed by atoms with Gasteiger partial charge in [0, 0.05) is 17.4 Å². The van der Waals surface area contributed by atoms with Crippen LogP contribution in [-0.4, -0.2) is 4.76 Å². The maximum Gasteiger partial charge on any atom is 0.304 e. The molecule has 0 spiro atoms. The smallest absolute Gasteiger partial charge is 0.304 e. The SMILES string of the molecule is O=[N+]1C=C2CC=CC=C2Oc2ccccc21. The Balaban J connectivity index is 2.17. The van der Waals surface area contributed by atoms with Gasteiger partial charge in [-0.3, -0.25) is 0 Å². The van der Waals surface area contributed by atoms with Gasteiger partial charge in [-0.15, -0.1) is 0 Å². The molecule has 1 aromatic rings. The van der Waals surface area contributed by atoms with Gasteiger partial charge in [0.2, 0.25) is 11.9 Å². The topological polar surface area (TPSA) is 29.3 Å². The van der Waals surface area contributed by atoms with E-state index >= 15 is 0 Å². The fourth-order valence-corrected chi connectivity index (χ4v) is 1.83. The molecule has 2 aliphatic rings. The summed E-state index contributed by atoms with van der Waals surface area (Å²) < 4.78 is 6.60. The van der Waals surface area contributed by atoms with Crippen molar-refractivity contribution in [3.05, 3.63) is 64.9 Å². The van der Waals surface area contributed by atoms with Gasteiger partial charge in [-0.05, 0) is 12.1 Å². The second-order valence-corrected chi connectivity index (χ2v) is 3.71. The van der Waals surface area contributed by atoms with Crippen molar-refractivity contribution < 1.29 is 9.50 Å². The molecule has 1 aliphatic carbocycles. The van der Waals surface area contributed by atoms with Crippen LogP contribution in [0.15, 0.2) is 60.0 Å². The molecule has 3 nitrogen and oxygen atoms in total. The number of ether oxygens (including phenoxy) is 1. The average molecular weight is 212 g/mol. The fraction of sp³-hybridized carbons (Fsp3) is 0.0769. The fourth-order valence-electron chi connectivity index (χ4n) is 1.83. The highest BCUT2D eigenvalue weighted by atomic mass is 16.5. The molecule has 0 unspecified atom stereocenters. The monoisotopic (exact) mass is 212 g/mol. The van der Waals surface area contributed by atoms with Gasteiger partial charge in [0.25, 0.3) is 0 Å². The lowest BCUT2D eigenvalue weighted by atomic mass is 10.1. The molecular formula is C13H10NO2+. The van der Waals surface area contributed by atoms with Crippen LogP contribution in [0.25, 0.3) is 0 Å². The van der Waals surface area contributed by atoms with Crippen molar-refractivity contribution >= 4 is 5.69 Å². The predicted molar refractivity (Wildman–Crippen MR) is 60.3 cm³/mol. The lowest BCUT2D eigenvalue weighted by Gasteiger charge is -2.09. The summed E-state index contributed by atoms with van der Waals surface area (Å²) in [5, 5.41) is 0. The quantitative estimate of drug-likeness (QED) is 0.618. The molecule has 0 amide bonds. The average Bonchev–Trinajstić information content (AvgIpc) is 2.45. The minimum absolute atomic E-state index is 0.547. The summed E-state index contributed by atoms with van der Waals surface area (Å²) in [6.45, 7) is 0. The second kappa shape index (κ2) is 3.45. The van der Waals surface area contributed by atoms with Gasteiger partial charge in [-0.1, -0.05) is 24.3 Å². The third kappa shape index (κ3) is 1.37. The lowest BCUT2D eigenvalue weighted by Crippen LogP contribution is -1.99. The van der Waals surface area contributed by atoms with Crippen molar-refractivity contribution in [3.8, 4) is 5.75 Å². The zero-order valence-corrected chi connectivity index (χ0v) is 8.59. The number of rotatable bonds is 0. The molecule has 0 saturated heterocycles. The second-order valence-electron chi connectivity index (χ2n) is 3.71. The largest absolute Gasteiger partial charge is 0.450 e. The molecule has 0 fully saturated rings. The number of para-hydroxylation sites is 2. The number of fused-ring (bicyclic) bond motifs is 2. The molecule has 0 saturated carbocycles. The van der Waals surface area contributed by atoms with Gasteiger partial charge >= 0.3 is 5.69 Å². The maximum absolute atomic E-state index is 11.9. The number of benzene rings is 1. The van der Waals surface area contributed by atoms with Crippen molar-refractivity contribution in [1.82, 2.24) is 0 Å². The molecule has 1 aliphatic heterocycles. The van der Waals surface area contributed by atoms with Gasteiger partial charge < -0.3 is 4.74 Å². The first-order valence-electron chi connectivity index (χ1n) is 5.16. The van der Waals surface area contributed by atoms with Gasteiger partial charge in [0.05, 0.1) is 10.3 Å². The Bertz CT molecular complexity index is 553. The van der Waals surface area contributed by atoms with Crippen LogP contribution in [0.5, 0.6) is 5.75 Å². The highest BCUT2D eigenvalue weighted by Gasteiger charge is 2.26. The Labute approximate surface area is 92.9 Å². The lowest BCUT2D eigenvalue weighted by molar-refractivity contribution is -0.385. The Morgan fingerprint density at radius 3 is 3.06 bits per heavy atom. The van der Waals surface area contributed by atoms with Crippen LogP contribution in [-0.2, 0) is 0 Å². The van der Waals surface area contributed by atoms with E-state index < -0.39 is 0 Å². The number of hydrogen-bond donors (Lipinski definition) is 0. The van der Waals surface area contributed by atoms with E-state index in [0.717, 1.165) is 22.5 Å². The van der Waals surface area contributed by atoms with Crippen LogP contribution in [0.3, 0.4) is 0 Å². The number of nitrogens with zero attached hydrogens (tertiary/aromatic N) is 1. The van der Waals surface area contributed by atoms with Crippen LogP contribution >= 0.6 is 0 Å². The van der Waals surface area contributed by atoms with Crippen molar-refractivity contribution in [3.63, 3.8) is 0 Å². The summed E-state index contributed by atoms with van der Waals surface area (Å²) in [7, 11) is 0. The summed E-state index contributed by atoms with van der Waals surface area (Å²) in [5.74, 6) is 1.36. The molecule has 0 radical (unpaired) electrons. The van der Waals surface area contributed by atoms with Gasteiger partial charge in [-0.25, -0.2) is 0 Å². The van der Waals surface area contributed by atoms with Gasteiger partial charge in [0.1, 0.15) is 5.76 Å². The predicted octanol–water partition coefficient (Wildman–Crippen LogP) is 3.22. The standard InChI is InChI=1S/C13H10NO2/c15-14-9-10-5-1-3-7-12(10)16-13-8-4-2-6-11(13)14/h1-4,6-9H,5H2/q+1. The third-order valence-corrected chi connectivity index (χ3v) is 2.63. The van der Waals surface area contributed by atoms with Gasteiger partial charge in [0.15, 0.2) is 0 Å². The van der Waals surface area contributed by atoms with Crippen molar-refractivity contribution in [2.45, 2.75) is 6.42 Å². The first-order chi connectivity index (χ1) is 7.84. The van der Waals surface area contributed by atoms with Crippen molar-refractivity contribution in [1.29, 1.82) is 0 Å². The molecule has 3 heteroatoms. The van der Waals surface area contributed by atoms with Crippen LogP contribution in [0.1, 0.15) is 6.42 Å². The van der Waals surface area contributed by atoms with E-state index in [4.69, 9.17) is 4.74 Å². The summed E-state index contributed by atoms with van der Waals surface area (Å²) in [6, 6.07) is 7.24. The van der Waals surface area contributed by atoms with E-state index in [0.29, 0.717) is 11.4 Å². The number of allylic oxidation sites excluding steroid dienone is 4. The first-order valence-corrected chi connectivity index (χ1v) is 5.16. The molecule has 16 heavy (non-hydrogen) atoms. The van der Waals surface area contributed by atoms with Crippen molar-refractivity contribution in [2.24, 2.45) is 0 Å². The third-order valence-electron chi connectivity index (χ3n) is 2.63. The molecule has 0 bridgehead atoms. The van der Waals surface area contributed by atoms with Crippen molar-refractivity contribution in [2.75, 3.05) is 0 Å². The number of hydrogen-bond acceptors (Lipinski definition) is 2. The molecule has 3 rings (SSSR count). The molecule has 1 aromatic carbocycles. The molecule has 0 N–H and O–H groups in total. The minimum Gasteiger partial charge on any atom is -0.450 e. The van der Waals surface area contributed by atoms with Crippen LogP contribution in [0.4, 0.5) is 5.69 Å². The summed E-state index contributed by atoms with van der Waals surface area (Å²) >= 11 is 0. The molecule has 78 valence electrons. The Kier molecular flexibility index (Phi) is 1.96. The molecule has 0 atom stereocenters. The maximum atomic E-state index is 11.9.